The fraction of sp³-hybridized carbons (Fsp3) is 0.286. The number of halogens is 4. The maximum Gasteiger partial charge on any atom is 0.416 e. The number of benzene rings is 2. The molecule has 0 N–H and O–H groups in total. The SMILES string of the molecule is C=CCOCC(C)OC(=O)Cc1cc(Oc2ccc(C(F)(F)F)cc2Cl)ccc1[N+](=O)[O-]. The minimum absolute atomic E-state index is 0.000237. The Morgan fingerprint density at radius 2 is 2.00 bits per heavy atom. The highest BCUT2D eigenvalue weighted by Gasteiger charge is 2.31. The molecule has 32 heavy (non-hydrogen) atoms. The van der Waals surface area contributed by atoms with E-state index in [1.54, 1.807) is 6.92 Å². The Morgan fingerprint density at radius 1 is 1.28 bits per heavy atom. The number of carbonyl (C=O) groups excluding carboxylic acids is 1. The van der Waals surface area contributed by atoms with Gasteiger partial charge in [0.05, 0.1) is 35.1 Å². The van der Waals surface area contributed by atoms with Gasteiger partial charge in [0, 0.05) is 11.6 Å². The topological polar surface area (TPSA) is 87.9 Å². The molecule has 0 bridgehead atoms. The number of esters is 1. The third-order valence-corrected chi connectivity index (χ3v) is 4.29. The summed E-state index contributed by atoms with van der Waals surface area (Å²) in [6, 6.07) is 6.12. The van der Waals surface area contributed by atoms with Gasteiger partial charge in [0.1, 0.15) is 17.6 Å². The Bertz CT molecular complexity index is 996. The molecule has 0 fully saturated rings. The van der Waals surface area contributed by atoms with Crippen molar-refractivity contribution in [2.45, 2.75) is 25.6 Å². The molecule has 0 aliphatic rings. The van der Waals surface area contributed by atoms with Gasteiger partial charge >= 0.3 is 12.1 Å². The minimum Gasteiger partial charge on any atom is -0.460 e. The second kappa shape index (κ2) is 11.0. The lowest BCUT2D eigenvalue weighted by molar-refractivity contribution is -0.385. The molecule has 0 aromatic heterocycles. The van der Waals surface area contributed by atoms with E-state index in [4.69, 9.17) is 25.8 Å². The van der Waals surface area contributed by atoms with Crippen molar-refractivity contribution >= 4 is 23.3 Å². The molecule has 172 valence electrons. The van der Waals surface area contributed by atoms with Gasteiger partial charge in [-0.1, -0.05) is 17.7 Å². The van der Waals surface area contributed by atoms with Gasteiger partial charge in [-0.3, -0.25) is 14.9 Å². The molecule has 0 amide bonds. The molecule has 0 saturated heterocycles. The molecule has 0 saturated carbocycles. The van der Waals surface area contributed by atoms with Gasteiger partial charge in [-0.2, -0.15) is 13.2 Å². The predicted molar refractivity (Wildman–Crippen MR) is 110 cm³/mol. The van der Waals surface area contributed by atoms with Crippen molar-refractivity contribution < 1.29 is 37.1 Å². The Balaban J connectivity index is 2.18. The summed E-state index contributed by atoms with van der Waals surface area (Å²) in [5, 5.41) is 11.0. The number of ether oxygens (including phenoxy) is 3. The van der Waals surface area contributed by atoms with Gasteiger partial charge < -0.3 is 14.2 Å². The average molecular weight is 474 g/mol. The molecule has 2 aromatic rings. The molecule has 1 atom stereocenters. The first-order valence-corrected chi connectivity index (χ1v) is 9.59. The molecule has 7 nitrogen and oxygen atoms in total. The lowest BCUT2D eigenvalue weighted by Crippen LogP contribution is -2.21. The lowest BCUT2D eigenvalue weighted by Gasteiger charge is -2.14. The van der Waals surface area contributed by atoms with Crippen LogP contribution in [0.15, 0.2) is 49.1 Å². The molecular weight excluding hydrogens is 455 g/mol. The standard InChI is InChI=1S/C21H19ClF3NO6/c1-3-8-30-12-13(2)31-20(27)10-14-9-16(5-6-18(14)26(28)29)32-19-7-4-15(11-17(19)22)21(23,24)25/h3-7,9,11,13H,1,8,10,12H2,2H3. The Morgan fingerprint density at radius 3 is 2.59 bits per heavy atom. The fourth-order valence-electron chi connectivity index (χ4n) is 2.60. The number of nitrogens with zero attached hydrogens (tertiary/aromatic N) is 1. The van der Waals surface area contributed by atoms with Crippen LogP contribution in [0.2, 0.25) is 5.02 Å². The number of carbonyl (C=O) groups is 1. The smallest absolute Gasteiger partial charge is 0.416 e. The molecule has 2 rings (SSSR count). The van der Waals surface area contributed by atoms with Gasteiger partial charge in [-0.25, -0.2) is 0 Å². The summed E-state index contributed by atoms with van der Waals surface area (Å²) in [6.07, 6.45) is -4.06. The van der Waals surface area contributed by atoms with Crippen LogP contribution in [0.1, 0.15) is 18.1 Å². The average Bonchev–Trinajstić information content (AvgIpc) is 2.68. The highest BCUT2D eigenvalue weighted by molar-refractivity contribution is 6.32. The third-order valence-electron chi connectivity index (χ3n) is 3.99. The van der Waals surface area contributed by atoms with Crippen molar-refractivity contribution in [3.05, 3.63) is 75.3 Å². The highest BCUT2D eigenvalue weighted by Crippen LogP contribution is 2.37. The number of rotatable bonds is 10. The van der Waals surface area contributed by atoms with E-state index >= 15 is 0 Å². The van der Waals surface area contributed by atoms with E-state index in [0.717, 1.165) is 18.2 Å². The van der Waals surface area contributed by atoms with E-state index in [-0.39, 0.29) is 41.0 Å². The zero-order chi connectivity index (χ0) is 23.9. The van der Waals surface area contributed by atoms with Crippen LogP contribution in [0.3, 0.4) is 0 Å². The molecule has 1 unspecified atom stereocenters. The summed E-state index contributed by atoms with van der Waals surface area (Å²) in [4.78, 5) is 22.8. The summed E-state index contributed by atoms with van der Waals surface area (Å²) in [5.41, 5.74) is -1.30. The second-order valence-electron chi connectivity index (χ2n) is 6.60. The zero-order valence-electron chi connectivity index (χ0n) is 16.9. The van der Waals surface area contributed by atoms with Crippen molar-refractivity contribution in [1.82, 2.24) is 0 Å². The number of nitro groups is 1. The second-order valence-corrected chi connectivity index (χ2v) is 7.00. The summed E-state index contributed by atoms with van der Waals surface area (Å²) < 4.78 is 54.2. The summed E-state index contributed by atoms with van der Waals surface area (Å²) in [6.45, 7) is 5.49. The van der Waals surface area contributed by atoms with E-state index in [0.29, 0.717) is 6.07 Å². The van der Waals surface area contributed by atoms with E-state index in [1.807, 2.05) is 0 Å². The third kappa shape index (κ3) is 7.24. The summed E-state index contributed by atoms with van der Waals surface area (Å²) >= 11 is 5.88. The van der Waals surface area contributed by atoms with Gasteiger partial charge in [-0.15, -0.1) is 6.58 Å². The van der Waals surface area contributed by atoms with E-state index in [1.165, 1.54) is 18.2 Å². The quantitative estimate of drug-likeness (QED) is 0.144. The van der Waals surface area contributed by atoms with Crippen LogP contribution in [0.25, 0.3) is 0 Å². The number of alkyl halides is 3. The van der Waals surface area contributed by atoms with Crippen LogP contribution in [-0.2, 0) is 26.9 Å². The van der Waals surface area contributed by atoms with Crippen LogP contribution in [0, 0.1) is 10.1 Å². The maximum atomic E-state index is 12.8. The molecule has 0 heterocycles. The highest BCUT2D eigenvalue weighted by atomic mass is 35.5. The molecular formula is C21H19ClF3NO6. The molecule has 0 aliphatic heterocycles. The first kappa shape index (κ1) is 25.2. The van der Waals surface area contributed by atoms with Crippen LogP contribution in [0.4, 0.5) is 18.9 Å². The molecule has 11 heteroatoms. The van der Waals surface area contributed by atoms with Gasteiger partial charge in [0.25, 0.3) is 5.69 Å². The monoisotopic (exact) mass is 473 g/mol. The van der Waals surface area contributed by atoms with Gasteiger partial charge in [0.2, 0.25) is 0 Å². The normalized spacial score (nSPS) is 12.2. The molecule has 2 aromatic carbocycles. The van der Waals surface area contributed by atoms with Crippen molar-refractivity contribution in [1.29, 1.82) is 0 Å². The minimum atomic E-state index is -4.57. The Labute approximate surface area is 186 Å². The first-order valence-electron chi connectivity index (χ1n) is 9.21. The number of nitro benzene ring substituents is 1. The summed E-state index contributed by atoms with van der Waals surface area (Å²) in [7, 11) is 0. The fourth-order valence-corrected chi connectivity index (χ4v) is 2.82. The van der Waals surface area contributed by atoms with E-state index in [9.17, 15) is 28.1 Å². The largest absolute Gasteiger partial charge is 0.460 e. The van der Waals surface area contributed by atoms with E-state index < -0.39 is 35.2 Å². The van der Waals surface area contributed by atoms with Crippen LogP contribution in [0.5, 0.6) is 11.5 Å². The van der Waals surface area contributed by atoms with Crippen molar-refractivity contribution in [2.24, 2.45) is 0 Å². The van der Waals surface area contributed by atoms with Crippen molar-refractivity contribution in [2.75, 3.05) is 13.2 Å². The van der Waals surface area contributed by atoms with Crippen LogP contribution in [-0.4, -0.2) is 30.2 Å². The van der Waals surface area contributed by atoms with Gasteiger partial charge in [0.15, 0.2) is 0 Å². The molecule has 0 radical (unpaired) electrons. The van der Waals surface area contributed by atoms with Gasteiger partial charge in [-0.05, 0) is 37.3 Å². The Hall–Kier alpha value is -3.11. The van der Waals surface area contributed by atoms with Crippen molar-refractivity contribution in [3.63, 3.8) is 0 Å². The number of hydrogen-bond acceptors (Lipinski definition) is 6. The predicted octanol–water partition coefficient (Wildman–Crippen LogP) is 5.74. The maximum absolute atomic E-state index is 12.8. The number of hydrogen-bond donors (Lipinski definition) is 0. The van der Waals surface area contributed by atoms with Crippen LogP contribution >= 0.6 is 11.6 Å². The van der Waals surface area contributed by atoms with Crippen LogP contribution < -0.4 is 4.74 Å². The first-order chi connectivity index (χ1) is 15.0. The molecule has 0 spiro atoms. The molecule has 0 aliphatic carbocycles. The Kier molecular flexibility index (Phi) is 8.62. The van der Waals surface area contributed by atoms with E-state index in [2.05, 4.69) is 6.58 Å². The lowest BCUT2D eigenvalue weighted by atomic mass is 10.1. The zero-order valence-corrected chi connectivity index (χ0v) is 17.6. The van der Waals surface area contributed by atoms with Crippen molar-refractivity contribution in [3.8, 4) is 11.5 Å². The summed E-state index contributed by atoms with van der Waals surface area (Å²) in [5.74, 6) is -0.773.